The molecule has 0 aliphatic heterocycles. The Hall–Kier alpha value is -2.43. The number of hydrogen-bond acceptors (Lipinski definition) is 4. The van der Waals surface area contributed by atoms with E-state index < -0.39 is 0 Å². The molecule has 1 aliphatic rings. The van der Waals surface area contributed by atoms with Crippen molar-refractivity contribution in [1.82, 2.24) is 4.90 Å². The van der Waals surface area contributed by atoms with Gasteiger partial charge in [-0.05, 0) is 37.1 Å². The van der Waals surface area contributed by atoms with Crippen molar-refractivity contribution in [2.75, 3.05) is 12.8 Å². The van der Waals surface area contributed by atoms with Gasteiger partial charge in [-0.3, -0.25) is 4.79 Å². The van der Waals surface area contributed by atoms with Crippen LogP contribution >= 0.6 is 0 Å². The minimum Gasteiger partial charge on any atom is -0.496 e. The van der Waals surface area contributed by atoms with Gasteiger partial charge in [0.05, 0.1) is 25.5 Å². The van der Waals surface area contributed by atoms with Crippen molar-refractivity contribution in [3.63, 3.8) is 0 Å². The minimum atomic E-state index is -0.0502. The first-order valence-electron chi connectivity index (χ1n) is 6.96. The van der Waals surface area contributed by atoms with E-state index in [4.69, 9.17) is 14.9 Å². The van der Waals surface area contributed by atoms with Crippen LogP contribution in [0, 0.1) is 0 Å². The first-order valence-corrected chi connectivity index (χ1v) is 6.96. The van der Waals surface area contributed by atoms with E-state index in [0.717, 1.165) is 18.6 Å². The molecule has 5 heteroatoms. The third-order valence-electron chi connectivity index (χ3n) is 3.61. The maximum absolute atomic E-state index is 12.8. The van der Waals surface area contributed by atoms with E-state index in [1.807, 2.05) is 17.0 Å². The molecule has 2 aromatic rings. The lowest BCUT2D eigenvalue weighted by Gasteiger charge is -2.22. The lowest BCUT2D eigenvalue weighted by molar-refractivity contribution is 0.0714. The Bertz CT molecular complexity index is 633. The number of rotatable bonds is 5. The highest BCUT2D eigenvalue weighted by molar-refractivity contribution is 5.97. The van der Waals surface area contributed by atoms with Crippen LogP contribution in [0.25, 0.3) is 0 Å². The summed E-state index contributed by atoms with van der Waals surface area (Å²) in [5, 5.41) is 0. The van der Waals surface area contributed by atoms with Crippen molar-refractivity contribution < 1.29 is 13.9 Å². The number of amides is 1. The molecular weight excluding hydrogens is 268 g/mol. The molecule has 3 rings (SSSR count). The van der Waals surface area contributed by atoms with E-state index in [-0.39, 0.29) is 11.9 Å². The van der Waals surface area contributed by atoms with Crippen LogP contribution in [0.5, 0.6) is 5.75 Å². The molecule has 1 fully saturated rings. The summed E-state index contributed by atoms with van der Waals surface area (Å²) >= 11 is 0. The molecule has 0 radical (unpaired) electrons. The first kappa shape index (κ1) is 13.5. The van der Waals surface area contributed by atoms with Crippen LogP contribution in [-0.4, -0.2) is 24.0 Å². The van der Waals surface area contributed by atoms with Gasteiger partial charge in [0.1, 0.15) is 11.5 Å². The number of carbonyl (C=O) groups is 1. The highest BCUT2D eigenvalue weighted by Crippen LogP contribution is 2.32. The van der Waals surface area contributed by atoms with Crippen molar-refractivity contribution in [1.29, 1.82) is 0 Å². The van der Waals surface area contributed by atoms with Gasteiger partial charge in [-0.25, -0.2) is 0 Å². The Morgan fingerprint density at radius 2 is 2.24 bits per heavy atom. The van der Waals surface area contributed by atoms with Gasteiger partial charge in [0.15, 0.2) is 0 Å². The van der Waals surface area contributed by atoms with Gasteiger partial charge in [-0.1, -0.05) is 0 Å². The topological polar surface area (TPSA) is 68.7 Å². The lowest BCUT2D eigenvalue weighted by Crippen LogP contribution is -2.32. The fourth-order valence-corrected chi connectivity index (χ4v) is 2.36. The quantitative estimate of drug-likeness (QED) is 0.858. The SMILES string of the molecule is COc1cc(N)ccc1C(=O)N(Cc1ccco1)C1CC1. The average Bonchev–Trinajstić information content (AvgIpc) is 3.20. The minimum absolute atomic E-state index is 0.0502. The molecule has 1 aromatic carbocycles. The number of nitrogens with two attached hydrogens (primary N) is 1. The smallest absolute Gasteiger partial charge is 0.258 e. The van der Waals surface area contributed by atoms with Crippen LogP contribution in [0.1, 0.15) is 29.0 Å². The van der Waals surface area contributed by atoms with E-state index in [2.05, 4.69) is 0 Å². The second-order valence-corrected chi connectivity index (χ2v) is 5.20. The standard InChI is InChI=1S/C16H18N2O3/c1-20-15-9-11(17)4-7-14(15)16(19)18(12-5-6-12)10-13-3-2-8-21-13/h2-4,7-9,12H,5-6,10,17H2,1H3. The van der Waals surface area contributed by atoms with Crippen molar-refractivity contribution >= 4 is 11.6 Å². The highest BCUT2D eigenvalue weighted by atomic mass is 16.5. The maximum Gasteiger partial charge on any atom is 0.258 e. The normalized spacial score (nSPS) is 14.0. The Labute approximate surface area is 123 Å². The maximum atomic E-state index is 12.8. The van der Waals surface area contributed by atoms with Gasteiger partial charge in [0.25, 0.3) is 5.91 Å². The summed E-state index contributed by atoms with van der Waals surface area (Å²) in [7, 11) is 1.54. The summed E-state index contributed by atoms with van der Waals surface area (Å²) < 4.78 is 10.6. The number of benzene rings is 1. The summed E-state index contributed by atoms with van der Waals surface area (Å²) in [6.45, 7) is 0.476. The summed E-state index contributed by atoms with van der Waals surface area (Å²) in [5.41, 5.74) is 6.85. The molecule has 1 saturated carbocycles. The molecule has 0 unspecified atom stereocenters. The van der Waals surface area contributed by atoms with E-state index >= 15 is 0 Å². The number of anilines is 1. The summed E-state index contributed by atoms with van der Waals surface area (Å²) in [5.74, 6) is 1.24. The molecule has 1 aliphatic carbocycles. The lowest BCUT2D eigenvalue weighted by atomic mass is 10.1. The number of nitrogens with zero attached hydrogens (tertiary/aromatic N) is 1. The largest absolute Gasteiger partial charge is 0.496 e. The third-order valence-corrected chi connectivity index (χ3v) is 3.61. The van der Waals surface area contributed by atoms with Crippen LogP contribution in [0.4, 0.5) is 5.69 Å². The number of ether oxygens (including phenoxy) is 1. The van der Waals surface area contributed by atoms with Gasteiger partial charge >= 0.3 is 0 Å². The predicted molar refractivity (Wildman–Crippen MR) is 79.0 cm³/mol. The number of methoxy groups -OCH3 is 1. The molecule has 110 valence electrons. The molecule has 1 heterocycles. The van der Waals surface area contributed by atoms with Gasteiger partial charge in [0, 0.05) is 17.8 Å². The zero-order chi connectivity index (χ0) is 14.8. The second kappa shape index (κ2) is 5.52. The van der Waals surface area contributed by atoms with Crippen molar-refractivity contribution in [2.24, 2.45) is 0 Å². The first-order chi connectivity index (χ1) is 10.2. The molecule has 1 aromatic heterocycles. The van der Waals surface area contributed by atoms with Gasteiger partial charge < -0.3 is 19.8 Å². The number of furan rings is 1. The van der Waals surface area contributed by atoms with Crippen molar-refractivity contribution in [3.8, 4) is 5.75 Å². The highest BCUT2D eigenvalue weighted by Gasteiger charge is 2.34. The van der Waals surface area contributed by atoms with E-state index in [1.54, 1.807) is 31.6 Å². The van der Waals surface area contributed by atoms with E-state index in [0.29, 0.717) is 23.5 Å². The van der Waals surface area contributed by atoms with Gasteiger partial charge in [-0.2, -0.15) is 0 Å². The summed E-state index contributed by atoms with van der Waals surface area (Å²) in [4.78, 5) is 14.6. The van der Waals surface area contributed by atoms with Gasteiger partial charge in [0.2, 0.25) is 0 Å². The van der Waals surface area contributed by atoms with Crippen molar-refractivity contribution in [2.45, 2.75) is 25.4 Å². The monoisotopic (exact) mass is 286 g/mol. The summed E-state index contributed by atoms with van der Waals surface area (Å²) in [6, 6.07) is 9.09. The Morgan fingerprint density at radius 1 is 1.43 bits per heavy atom. The van der Waals surface area contributed by atoms with Crippen LogP contribution in [0.2, 0.25) is 0 Å². The van der Waals surface area contributed by atoms with Gasteiger partial charge in [-0.15, -0.1) is 0 Å². The molecule has 0 atom stereocenters. The summed E-state index contributed by atoms with van der Waals surface area (Å²) in [6.07, 6.45) is 3.68. The molecule has 2 N–H and O–H groups in total. The third kappa shape index (κ3) is 2.86. The zero-order valence-corrected chi connectivity index (χ0v) is 11.9. The average molecular weight is 286 g/mol. The Balaban J connectivity index is 1.87. The van der Waals surface area contributed by atoms with Crippen LogP contribution < -0.4 is 10.5 Å². The molecule has 5 nitrogen and oxygen atoms in total. The van der Waals surface area contributed by atoms with Crippen LogP contribution in [0.3, 0.4) is 0 Å². The Kier molecular flexibility index (Phi) is 3.56. The molecule has 0 bridgehead atoms. The van der Waals surface area contributed by atoms with Crippen molar-refractivity contribution in [3.05, 3.63) is 47.9 Å². The molecule has 0 saturated heterocycles. The molecule has 21 heavy (non-hydrogen) atoms. The fourth-order valence-electron chi connectivity index (χ4n) is 2.36. The van der Waals surface area contributed by atoms with E-state index in [9.17, 15) is 4.79 Å². The van der Waals surface area contributed by atoms with E-state index in [1.165, 1.54) is 0 Å². The van der Waals surface area contributed by atoms with Crippen LogP contribution in [0.15, 0.2) is 41.0 Å². The fraction of sp³-hybridized carbons (Fsp3) is 0.312. The van der Waals surface area contributed by atoms with Crippen LogP contribution in [-0.2, 0) is 6.54 Å². The number of nitrogen functional groups attached to an aromatic ring is 1. The molecule has 0 spiro atoms. The zero-order valence-electron chi connectivity index (χ0n) is 11.9. The molecular formula is C16H18N2O3. The Morgan fingerprint density at radius 3 is 2.86 bits per heavy atom. The predicted octanol–water partition coefficient (Wildman–Crippen LogP) is 2.68. The second-order valence-electron chi connectivity index (χ2n) is 5.20. The molecule has 1 amide bonds. The number of hydrogen-bond donors (Lipinski definition) is 1. The number of carbonyl (C=O) groups excluding carboxylic acids is 1.